The molecule has 3 rings (SSSR count). The molecule has 0 aromatic heterocycles. The second kappa shape index (κ2) is 8.08. The Morgan fingerprint density at radius 1 is 1.15 bits per heavy atom. The van der Waals surface area contributed by atoms with Crippen LogP contribution in [0.25, 0.3) is 0 Å². The smallest absolute Gasteiger partial charge is 0.259 e. The third-order valence-corrected chi connectivity index (χ3v) is 6.69. The van der Waals surface area contributed by atoms with E-state index in [2.05, 4.69) is 5.32 Å². The normalized spacial score (nSPS) is 14.9. The fourth-order valence-corrected chi connectivity index (χ4v) is 5.09. The molecular formula is C20H22FNO4S. The van der Waals surface area contributed by atoms with Crippen molar-refractivity contribution in [3.05, 3.63) is 53.8 Å². The largest absolute Gasteiger partial charge is 0.496 e. The minimum absolute atomic E-state index is 0.0956. The second-order valence-electron chi connectivity index (χ2n) is 6.76. The van der Waals surface area contributed by atoms with E-state index in [9.17, 15) is 17.6 Å². The van der Waals surface area contributed by atoms with E-state index in [1.807, 2.05) is 0 Å². The maximum Gasteiger partial charge on any atom is 0.259 e. The van der Waals surface area contributed by atoms with Crippen LogP contribution >= 0.6 is 0 Å². The Hall–Kier alpha value is -2.41. The highest BCUT2D eigenvalue weighted by molar-refractivity contribution is 7.91. The Morgan fingerprint density at radius 3 is 2.44 bits per heavy atom. The van der Waals surface area contributed by atoms with Crippen LogP contribution < -0.4 is 10.1 Å². The number of rotatable bonds is 6. The summed E-state index contributed by atoms with van der Waals surface area (Å²) in [5.74, 6) is -0.386. The van der Waals surface area contributed by atoms with E-state index >= 15 is 0 Å². The monoisotopic (exact) mass is 391 g/mol. The van der Waals surface area contributed by atoms with Crippen LogP contribution in [0.1, 0.15) is 36.0 Å². The molecule has 5 nitrogen and oxygen atoms in total. The number of halogens is 1. The third kappa shape index (κ3) is 4.66. The van der Waals surface area contributed by atoms with Crippen molar-refractivity contribution in [2.75, 3.05) is 18.2 Å². The molecule has 1 amide bonds. The first-order chi connectivity index (χ1) is 12.9. The van der Waals surface area contributed by atoms with Gasteiger partial charge < -0.3 is 10.1 Å². The van der Waals surface area contributed by atoms with E-state index < -0.39 is 21.6 Å². The Bertz CT molecular complexity index is 919. The Balaban J connectivity index is 1.86. The number of nitrogens with one attached hydrogen (secondary N) is 1. The summed E-state index contributed by atoms with van der Waals surface area (Å²) in [6, 6.07) is 9.63. The first kappa shape index (κ1) is 19.4. The van der Waals surface area contributed by atoms with Gasteiger partial charge in [-0.3, -0.25) is 4.79 Å². The van der Waals surface area contributed by atoms with E-state index in [1.54, 1.807) is 0 Å². The molecular weight excluding hydrogens is 369 g/mol. The van der Waals surface area contributed by atoms with Crippen LogP contribution in [0.15, 0.2) is 47.4 Å². The summed E-state index contributed by atoms with van der Waals surface area (Å²) >= 11 is 0. The molecule has 0 atom stereocenters. The van der Waals surface area contributed by atoms with Crippen molar-refractivity contribution < 1.29 is 22.3 Å². The van der Waals surface area contributed by atoms with Crippen molar-refractivity contribution in [1.82, 2.24) is 0 Å². The van der Waals surface area contributed by atoms with Gasteiger partial charge in [0.05, 0.1) is 23.3 Å². The molecule has 1 aliphatic rings. The number of anilines is 1. The van der Waals surface area contributed by atoms with Crippen molar-refractivity contribution in [3.63, 3.8) is 0 Å². The molecule has 1 fully saturated rings. The van der Waals surface area contributed by atoms with Crippen LogP contribution in [0.4, 0.5) is 10.1 Å². The average Bonchev–Trinajstić information content (AvgIpc) is 3.15. The van der Waals surface area contributed by atoms with Crippen LogP contribution in [-0.4, -0.2) is 27.2 Å². The lowest BCUT2D eigenvalue weighted by Crippen LogP contribution is -2.17. The van der Waals surface area contributed by atoms with Gasteiger partial charge in [-0.2, -0.15) is 0 Å². The number of amides is 1. The van der Waals surface area contributed by atoms with Gasteiger partial charge in [0.25, 0.3) is 5.91 Å². The first-order valence-electron chi connectivity index (χ1n) is 8.87. The van der Waals surface area contributed by atoms with Crippen molar-refractivity contribution in [2.24, 2.45) is 5.92 Å². The highest BCUT2D eigenvalue weighted by atomic mass is 32.2. The zero-order valence-corrected chi connectivity index (χ0v) is 15.9. The maximum atomic E-state index is 13.0. The number of benzene rings is 2. The Labute approximate surface area is 158 Å². The topological polar surface area (TPSA) is 72.5 Å². The number of sulfone groups is 1. The molecule has 0 unspecified atom stereocenters. The number of hydrogen-bond acceptors (Lipinski definition) is 4. The quantitative estimate of drug-likeness (QED) is 0.806. The number of methoxy groups -OCH3 is 1. The summed E-state index contributed by atoms with van der Waals surface area (Å²) in [5, 5.41) is 2.63. The van der Waals surface area contributed by atoms with E-state index in [-0.39, 0.29) is 27.9 Å². The lowest BCUT2D eigenvalue weighted by atomic mass is 10.1. The van der Waals surface area contributed by atoms with Crippen LogP contribution in [0.5, 0.6) is 5.75 Å². The molecule has 0 radical (unpaired) electrons. The SMILES string of the molecule is COc1ccc(S(=O)(=O)CC2CCCC2)cc1C(=O)Nc1ccc(F)cc1. The van der Waals surface area contributed by atoms with E-state index in [0.29, 0.717) is 5.69 Å². The summed E-state index contributed by atoms with van der Waals surface area (Å²) in [6.45, 7) is 0. The lowest BCUT2D eigenvalue weighted by Gasteiger charge is -2.13. The molecule has 2 aromatic rings. The van der Waals surface area contributed by atoms with Gasteiger partial charge in [0.1, 0.15) is 11.6 Å². The van der Waals surface area contributed by atoms with Crippen LogP contribution in [0, 0.1) is 11.7 Å². The predicted molar refractivity (Wildman–Crippen MR) is 101 cm³/mol. The van der Waals surface area contributed by atoms with Crippen molar-refractivity contribution in [2.45, 2.75) is 30.6 Å². The molecule has 1 N–H and O–H groups in total. The Morgan fingerprint density at radius 2 is 1.81 bits per heavy atom. The number of ether oxygens (including phenoxy) is 1. The van der Waals surface area contributed by atoms with Gasteiger partial charge >= 0.3 is 0 Å². The molecule has 1 aliphatic carbocycles. The van der Waals surface area contributed by atoms with Crippen molar-refractivity contribution in [3.8, 4) is 5.75 Å². The lowest BCUT2D eigenvalue weighted by molar-refractivity contribution is 0.102. The van der Waals surface area contributed by atoms with Gasteiger partial charge in [-0.25, -0.2) is 12.8 Å². The minimum Gasteiger partial charge on any atom is -0.496 e. The van der Waals surface area contributed by atoms with Crippen LogP contribution in [0.2, 0.25) is 0 Å². The third-order valence-electron chi connectivity index (χ3n) is 4.81. The Kier molecular flexibility index (Phi) is 5.79. The molecule has 0 bridgehead atoms. The molecule has 0 saturated heterocycles. The summed E-state index contributed by atoms with van der Waals surface area (Å²) in [4.78, 5) is 12.7. The fourth-order valence-electron chi connectivity index (χ4n) is 3.37. The zero-order valence-electron chi connectivity index (χ0n) is 15.1. The molecule has 144 valence electrons. The standard InChI is InChI=1S/C20H22FNO4S/c1-26-19-11-10-17(27(24,25)13-14-4-2-3-5-14)12-18(19)20(23)22-16-8-6-15(21)7-9-16/h6-12,14H,2-5,13H2,1H3,(H,22,23). The summed E-state index contributed by atoms with van der Waals surface area (Å²) in [5.41, 5.74) is 0.525. The summed E-state index contributed by atoms with van der Waals surface area (Å²) < 4.78 is 43.7. The second-order valence-corrected chi connectivity index (χ2v) is 8.79. The molecule has 1 saturated carbocycles. The summed E-state index contributed by atoms with van der Waals surface area (Å²) in [7, 11) is -2.07. The molecule has 27 heavy (non-hydrogen) atoms. The highest BCUT2D eigenvalue weighted by Crippen LogP contribution is 2.30. The predicted octanol–water partition coefficient (Wildman–Crippen LogP) is 4.05. The molecule has 0 heterocycles. The van der Waals surface area contributed by atoms with Gasteiger partial charge in [0.15, 0.2) is 9.84 Å². The molecule has 0 spiro atoms. The van der Waals surface area contributed by atoms with E-state index in [4.69, 9.17) is 4.74 Å². The van der Waals surface area contributed by atoms with Gasteiger partial charge in [-0.05, 0) is 61.2 Å². The molecule has 7 heteroatoms. The van der Waals surface area contributed by atoms with Crippen LogP contribution in [0.3, 0.4) is 0 Å². The minimum atomic E-state index is -3.49. The van der Waals surface area contributed by atoms with Gasteiger partial charge in [0.2, 0.25) is 0 Å². The van der Waals surface area contributed by atoms with E-state index in [0.717, 1.165) is 25.7 Å². The number of carbonyl (C=O) groups excluding carboxylic acids is 1. The first-order valence-corrected chi connectivity index (χ1v) is 10.5. The van der Waals surface area contributed by atoms with Gasteiger partial charge in [-0.15, -0.1) is 0 Å². The maximum absolute atomic E-state index is 13.0. The van der Waals surface area contributed by atoms with Crippen LogP contribution in [-0.2, 0) is 9.84 Å². The molecule has 0 aliphatic heterocycles. The zero-order chi connectivity index (χ0) is 19.4. The van der Waals surface area contributed by atoms with Crippen molar-refractivity contribution in [1.29, 1.82) is 0 Å². The number of carbonyl (C=O) groups is 1. The number of hydrogen-bond donors (Lipinski definition) is 1. The summed E-state index contributed by atoms with van der Waals surface area (Å²) in [6.07, 6.45) is 3.98. The molecule has 2 aromatic carbocycles. The van der Waals surface area contributed by atoms with Gasteiger partial charge in [-0.1, -0.05) is 12.8 Å². The van der Waals surface area contributed by atoms with Crippen molar-refractivity contribution >= 4 is 21.4 Å². The fraction of sp³-hybridized carbons (Fsp3) is 0.350. The highest BCUT2D eigenvalue weighted by Gasteiger charge is 2.25. The average molecular weight is 391 g/mol. The van der Waals surface area contributed by atoms with Gasteiger partial charge in [0, 0.05) is 5.69 Å². The van der Waals surface area contributed by atoms with E-state index in [1.165, 1.54) is 49.6 Å².